The van der Waals surface area contributed by atoms with Crippen molar-refractivity contribution in [2.45, 2.75) is 26.4 Å². The second-order valence-electron chi connectivity index (χ2n) is 5.96. The number of benzene rings is 2. The van der Waals surface area contributed by atoms with Crippen LogP contribution in [0.4, 0.5) is 11.4 Å². The Morgan fingerprint density at radius 2 is 2.04 bits per heavy atom. The van der Waals surface area contributed by atoms with Crippen LogP contribution in [0.1, 0.15) is 18.1 Å². The molecule has 3 nitrogen and oxygen atoms in total. The van der Waals surface area contributed by atoms with E-state index in [-0.39, 0.29) is 6.10 Å². The molecule has 23 heavy (non-hydrogen) atoms. The fourth-order valence-electron chi connectivity index (χ4n) is 3.06. The Labute approximate surface area is 146 Å². The maximum Gasteiger partial charge on any atom is 0.123 e. The van der Waals surface area contributed by atoms with Gasteiger partial charge in [0.05, 0.1) is 19.8 Å². The van der Waals surface area contributed by atoms with Crippen LogP contribution < -0.4 is 9.64 Å². The van der Waals surface area contributed by atoms with Gasteiger partial charge in [-0.15, -0.1) is 0 Å². The van der Waals surface area contributed by atoms with Crippen LogP contribution in [-0.2, 0) is 11.2 Å². The average molecular weight is 376 g/mol. The lowest BCUT2D eigenvalue weighted by Gasteiger charge is -2.31. The molecule has 2 aromatic rings. The summed E-state index contributed by atoms with van der Waals surface area (Å²) in [4.78, 5) is 2.32. The minimum Gasteiger partial charge on any atom is -0.496 e. The summed E-state index contributed by atoms with van der Waals surface area (Å²) in [5.41, 5.74) is 4.82. The van der Waals surface area contributed by atoms with E-state index in [1.54, 1.807) is 7.11 Å². The van der Waals surface area contributed by atoms with Crippen LogP contribution in [0.15, 0.2) is 40.9 Å². The van der Waals surface area contributed by atoms with Gasteiger partial charge >= 0.3 is 0 Å². The number of ether oxygens (including phenoxy) is 2. The van der Waals surface area contributed by atoms with E-state index >= 15 is 0 Å². The molecule has 0 N–H and O–H groups in total. The summed E-state index contributed by atoms with van der Waals surface area (Å²) in [6.07, 6.45) is 1.15. The third-order valence-corrected chi connectivity index (χ3v) is 4.75. The molecular weight excluding hydrogens is 354 g/mol. The van der Waals surface area contributed by atoms with Crippen LogP contribution in [0.2, 0.25) is 0 Å². The molecule has 122 valence electrons. The molecule has 0 fully saturated rings. The molecule has 1 heterocycles. The standard InChI is InChI=1S/C19H22BrNO2/c1-13-4-6-17(12-19(13)22-3)21-8-9-23-14(2)10-15-11-16(20)5-7-18(15)21/h4-7,11-12,14H,8-10H2,1-3H3. The maximum atomic E-state index is 5.92. The quantitative estimate of drug-likeness (QED) is 0.747. The molecule has 0 radical (unpaired) electrons. The molecule has 3 rings (SSSR count). The highest BCUT2D eigenvalue weighted by Crippen LogP contribution is 2.35. The highest BCUT2D eigenvalue weighted by Gasteiger charge is 2.20. The Morgan fingerprint density at radius 3 is 2.83 bits per heavy atom. The molecule has 1 aliphatic heterocycles. The molecule has 0 spiro atoms. The van der Waals surface area contributed by atoms with Crippen LogP contribution in [-0.4, -0.2) is 26.4 Å². The van der Waals surface area contributed by atoms with E-state index in [9.17, 15) is 0 Å². The zero-order chi connectivity index (χ0) is 16.4. The molecule has 0 bridgehead atoms. The van der Waals surface area contributed by atoms with Gasteiger partial charge in [0.1, 0.15) is 5.75 Å². The van der Waals surface area contributed by atoms with Gasteiger partial charge < -0.3 is 14.4 Å². The van der Waals surface area contributed by atoms with Gasteiger partial charge in [0.15, 0.2) is 0 Å². The third kappa shape index (κ3) is 3.54. The number of hydrogen-bond donors (Lipinski definition) is 0. The van der Waals surface area contributed by atoms with Gasteiger partial charge in [0, 0.05) is 34.9 Å². The van der Waals surface area contributed by atoms with Gasteiger partial charge in [-0.3, -0.25) is 0 Å². The molecule has 4 heteroatoms. The highest BCUT2D eigenvalue weighted by molar-refractivity contribution is 9.10. The molecule has 0 amide bonds. The Morgan fingerprint density at radius 1 is 1.22 bits per heavy atom. The van der Waals surface area contributed by atoms with Crippen molar-refractivity contribution in [3.63, 3.8) is 0 Å². The summed E-state index contributed by atoms with van der Waals surface area (Å²) in [7, 11) is 1.72. The second-order valence-corrected chi connectivity index (χ2v) is 6.88. The summed E-state index contributed by atoms with van der Waals surface area (Å²) in [6, 6.07) is 12.8. The van der Waals surface area contributed by atoms with Gasteiger partial charge in [-0.25, -0.2) is 0 Å². The number of fused-ring (bicyclic) bond motifs is 1. The van der Waals surface area contributed by atoms with E-state index in [2.05, 4.69) is 71.1 Å². The number of aryl methyl sites for hydroxylation is 1. The van der Waals surface area contributed by atoms with E-state index < -0.39 is 0 Å². The van der Waals surface area contributed by atoms with E-state index in [1.165, 1.54) is 11.3 Å². The van der Waals surface area contributed by atoms with Crippen molar-refractivity contribution in [2.75, 3.05) is 25.2 Å². The molecule has 1 atom stereocenters. The smallest absolute Gasteiger partial charge is 0.123 e. The van der Waals surface area contributed by atoms with Crippen molar-refractivity contribution in [1.29, 1.82) is 0 Å². The number of nitrogens with zero attached hydrogens (tertiary/aromatic N) is 1. The maximum absolute atomic E-state index is 5.92. The molecule has 2 aromatic carbocycles. The minimum absolute atomic E-state index is 0.234. The summed E-state index contributed by atoms with van der Waals surface area (Å²) in [5, 5.41) is 0. The summed E-state index contributed by atoms with van der Waals surface area (Å²) >= 11 is 3.58. The van der Waals surface area contributed by atoms with E-state index in [4.69, 9.17) is 9.47 Å². The predicted octanol–water partition coefficient (Wildman–Crippen LogP) is 4.87. The molecule has 1 aliphatic rings. The topological polar surface area (TPSA) is 21.7 Å². The molecule has 0 aliphatic carbocycles. The van der Waals surface area contributed by atoms with Gasteiger partial charge in [0.2, 0.25) is 0 Å². The van der Waals surface area contributed by atoms with Gasteiger partial charge in [-0.1, -0.05) is 22.0 Å². The molecule has 1 unspecified atom stereocenters. The first kappa shape index (κ1) is 16.3. The van der Waals surface area contributed by atoms with Crippen molar-refractivity contribution in [1.82, 2.24) is 0 Å². The zero-order valence-corrected chi connectivity index (χ0v) is 15.4. The molecule has 0 saturated carbocycles. The van der Waals surface area contributed by atoms with Crippen molar-refractivity contribution in [3.8, 4) is 5.75 Å². The van der Waals surface area contributed by atoms with E-state index in [1.807, 2.05) is 0 Å². The third-order valence-electron chi connectivity index (χ3n) is 4.26. The fraction of sp³-hybridized carbons (Fsp3) is 0.368. The molecular formula is C19H22BrNO2. The zero-order valence-electron chi connectivity index (χ0n) is 13.8. The Hall–Kier alpha value is -1.52. The lowest BCUT2D eigenvalue weighted by molar-refractivity contribution is 0.0703. The number of halogens is 1. The van der Waals surface area contributed by atoms with Crippen molar-refractivity contribution in [3.05, 3.63) is 52.0 Å². The lowest BCUT2D eigenvalue weighted by atomic mass is 10.0. The summed E-state index contributed by atoms with van der Waals surface area (Å²) in [6.45, 7) is 5.74. The number of rotatable bonds is 2. The summed E-state index contributed by atoms with van der Waals surface area (Å²) in [5.74, 6) is 0.914. The average Bonchev–Trinajstić information content (AvgIpc) is 2.51. The Balaban J connectivity index is 2.07. The van der Waals surface area contributed by atoms with Crippen LogP contribution in [0, 0.1) is 6.92 Å². The van der Waals surface area contributed by atoms with Gasteiger partial charge in [-0.2, -0.15) is 0 Å². The van der Waals surface area contributed by atoms with E-state index in [0.29, 0.717) is 6.61 Å². The van der Waals surface area contributed by atoms with Crippen molar-refractivity contribution >= 4 is 27.3 Å². The number of hydrogen-bond acceptors (Lipinski definition) is 3. The number of methoxy groups -OCH3 is 1. The summed E-state index contributed by atoms with van der Waals surface area (Å²) < 4.78 is 12.5. The SMILES string of the molecule is COc1cc(N2CCOC(C)Cc3cc(Br)ccc32)ccc1C. The second kappa shape index (κ2) is 6.93. The van der Waals surface area contributed by atoms with Crippen molar-refractivity contribution in [2.24, 2.45) is 0 Å². The fourth-order valence-corrected chi connectivity index (χ4v) is 3.47. The van der Waals surface area contributed by atoms with E-state index in [0.717, 1.165) is 34.4 Å². The molecule has 0 saturated heterocycles. The van der Waals surface area contributed by atoms with Gasteiger partial charge in [-0.05, 0) is 49.2 Å². The Kier molecular flexibility index (Phi) is 4.93. The molecule has 0 aromatic heterocycles. The predicted molar refractivity (Wildman–Crippen MR) is 98.0 cm³/mol. The first-order valence-electron chi connectivity index (χ1n) is 7.90. The largest absolute Gasteiger partial charge is 0.496 e. The normalized spacial score (nSPS) is 18.1. The van der Waals surface area contributed by atoms with Crippen LogP contribution in [0.25, 0.3) is 0 Å². The number of anilines is 2. The first-order chi connectivity index (χ1) is 11.1. The van der Waals surface area contributed by atoms with Crippen LogP contribution >= 0.6 is 15.9 Å². The first-order valence-corrected chi connectivity index (χ1v) is 8.70. The Bertz CT molecular complexity index is 702. The van der Waals surface area contributed by atoms with Crippen molar-refractivity contribution < 1.29 is 9.47 Å². The minimum atomic E-state index is 0.234. The van der Waals surface area contributed by atoms with Gasteiger partial charge in [0.25, 0.3) is 0 Å². The highest BCUT2D eigenvalue weighted by atomic mass is 79.9. The van der Waals surface area contributed by atoms with Crippen LogP contribution in [0.5, 0.6) is 5.75 Å². The van der Waals surface area contributed by atoms with Crippen LogP contribution in [0.3, 0.4) is 0 Å². The lowest BCUT2D eigenvalue weighted by Crippen LogP contribution is -2.29. The monoisotopic (exact) mass is 375 g/mol.